The molecule has 2 aromatic rings. The maximum Gasteiger partial charge on any atom is 0.307 e. The van der Waals surface area contributed by atoms with Crippen LogP contribution in [0, 0.1) is 19.8 Å². The Bertz CT molecular complexity index is 1050. The van der Waals surface area contributed by atoms with Crippen LogP contribution < -0.4 is 5.32 Å². The van der Waals surface area contributed by atoms with Crippen LogP contribution in [-0.2, 0) is 29.0 Å². The molecule has 0 spiro atoms. The minimum atomic E-state index is -0.378. The molecule has 0 bridgehead atoms. The molecule has 1 N–H and O–H groups in total. The number of rotatable bonds is 7. The first-order chi connectivity index (χ1) is 15.4. The summed E-state index contributed by atoms with van der Waals surface area (Å²) >= 11 is 0. The predicted octanol–water partition coefficient (Wildman–Crippen LogP) is 2.40. The van der Waals surface area contributed by atoms with Gasteiger partial charge in [0.25, 0.3) is 11.8 Å². The molecule has 1 aromatic carbocycles. The second-order valence-corrected chi connectivity index (χ2v) is 8.71. The lowest BCUT2D eigenvalue weighted by Gasteiger charge is -2.28. The first-order valence-electron chi connectivity index (χ1n) is 11.2. The molecule has 1 aliphatic heterocycles. The molecule has 0 atom stereocenters. The number of hydrogen-bond acceptors (Lipinski definition) is 5. The first-order valence-corrected chi connectivity index (χ1v) is 11.2. The number of hydrogen-bond donors (Lipinski definition) is 1. The number of nitrogens with one attached hydrogen (secondary N) is 1. The normalized spacial score (nSPS) is 15.3. The number of methoxy groups -OCH3 is 1. The number of nitrogens with zero attached hydrogens (tertiary/aromatic N) is 3. The zero-order valence-electron chi connectivity index (χ0n) is 18.9. The quantitative estimate of drug-likeness (QED) is 0.670. The van der Waals surface area contributed by atoms with Gasteiger partial charge < -0.3 is 15.0 Å². The molecule has 2 amide bonds. The number of fused-ring (bicyclic) bond motifs is 1. The standard InChI is InChI=1S/C24H30N4O4/c1-15-5-4-6-18(16(15)2)24(31)27-12-10-20-19(14-27)22(26-28(20)13-17-7-8-17)23(30)25-11-9-21(29)32-3/h4-6,17H,7-14H2,1-3H3,(H,25,30). The molecule has 0 radical (unpaired) electrons. The number of aromatic nitrogens is 2. The van der Waals surface area contributed by atoms with E-state index < -0.39 is 0 Å². The van der Waals surface area contributed by atoms with Gasteiger partial charge in [-0.25, -0.2) is 0 Å². The van der Waals surface area contributed by atoms with Gasteiger partial charge >= 0.3 is 5.97 Å². The van der Waals surface area contributed by atoms with Crippen molar-refractivity contribution in [3.8, 4) is 0 Å². The van der Waals surface area contributed by atoms with Crippen LogP contribution in [0.4, 0.5) is 0 Å². The molecule has 8 heteroatoms. The van der Waals surface area contributed by atoms with Crippen molar-refractivity contribution >= 4 is 17.8 Å². The van der Waals surface area contributed by atoms with Crippen LogP contribution in [0.2, 0.25) is 0 Å². The van der Waals surface area contributed by atoms with Crippen molar-refractivity contribution in [2.24, 2.45) is 5.92 Å². The minimum Gasteiger partial charge on any atom is -0.469 e. The van der Waals surface area contributed by atoms with Gasteiger partial charge in [0.15, 0.2) is 5.69 Å². The lowest BCUT2D eigenvalue weighted by molar-refractivity contribution is -0.140. The number of esters is 1. The van der Waals surface area contributed by atoms with Gasteiger partial charge in [-0.3, -0.25) is 19.1 Å². The summed E-state index contributed by atoms with van der Waals surface area (Å²) in [6.45, 7) is 5.90. The highest BCUT2D eigenvalue weighted by Crippen LogP contribution is 2.33. The van der Waals surface area contributed by atoms with E-state index in [0.717, 1.165) is 28.9 Å². The summed E-state index contributed by atoms with van der Waals surface area (Å²) in [5.41, 5.74) is 4.96. The van der Waals surface area contributed by atoms with E-state index in [1.807, 2.05) is 36.7 Å². The SMILES string of the molecule is COC(=O)CCNC(=O)c1nn(CC2CC2)c2c1CN(C(=O)c1cccc(C)c1C)CC2. The molecule has 0 saturated heterocycles. The summed E-state index contributed by atoms with van der Waals surface area (Å²) in [6.07, 6.45) is 3.14. The van der Waals surface area contributed by atoms with Gasteiger partial charge in [0.2, 0.25) is 0 Å². The van der Waals surface area contributed by atoms with Crippen LogP contribution in [0.25, 0.3) is 0 Å². The summed E-state index contributed by atoms with van der Waals surface area (Å²) < 4.78 is 6.59. The Kier molecular flexibility index (Phi) is 6.30. The molecule has 170 valence electrons. The smallest absolute Gasteiger partial charge is 0.307 e. The Morgan fingerprint density at radius 1 is 1.22 bits per heavy atom. The van der Waals surface area contributed by atoms with Crippen LogP contribution in [0.1, 0.15) is 62.5 Å². The van der Waals surface area contributed by atoms with Crippen molar-refractivity contribution in [2.45, 2.75) is 52.6 Å². The summed E-state index contributed by atoms with van der Waals surface area (Å²) in [5.74, 6) is -0.106. The maximum absolute atomic E-state index is 13.3. The number of benzene rings is 1. The van der Waals surface area contributed by atoms with E-state index in [1.165, 1.54) is 20.0 Å². The van der Waals surface area contributed by atoms with Crippen LogP contribution in [-0.4, -0.2) is 52.7 Å². The zero-order chi connectivity index (χ0) is 22.8. The van der Waals surface area contributed by atoms with Crippen LogP contribution in [0.3, 0.4) is 0 Å². The zero-order valence-corrected chi connectivity index (χ0v) is 18.9. The molecule has 2 heterocycles. The molecule has 1 fully saturated rings. The third-order valence-electron chi connectivity index (χ3n) is 6.44. The summed E-state index contributed by atoms with van der Waals surface area (Å²) in [7, 11) is 1.32. The average molecular weight is 439 g/mol. The Morgan fingerprint density at radius 2 is 2.00 bits per heavy atom. The minimum absolute atomic E-state index is 0.0242. The van der Waals surface area contributed by atoms with Crippen LogP contribution in [0.15, 0.2) is 18.2 Å². The summed E-state index contributed by atoms with van der Waals surface area (Å²) in [6, 6.07) is 5.76. The van der Waals surface area contributed by atoms with Crippen LogP contribution >= 0.6 is 0 Å². The van der Waals surface area contributed by atoms with E-state index in [1.54, 1.807) is 4.90 Å². The lowest BCUT2D eigenvalue weighted by atomic mass is 9.99. The number of aryl methyl sites for hydroxylation is 1. The topological polar surface area (TPSA) is 93.5 Å². The van der Waals surface area contributed by atoms with Gasteiger partial charge in [-0.1, -0.05) is 12.1 Å². The van der Waals surface area contributed by atoms with E-state index in [-0.39, 0.29) is 30.7 Å². The highest BCUT2D eigenvalue weighted by molar-refractivity contribution is 5.97. The molecule has 8 nitrogen and oxygen atoms in total. The molecule has 1 saturated carbocycles. The van der Waals surface area contributed by atoms with Gasteiger partial charge in [-0.05, 0) is 49.8 Å². The van der Waals surface area contributed by atoms with Gasteiger partial charge in [0, 0.05) is 42.9 Å². The number of amides is 2. The van der Waals surface area contributed by atoms with Crippen molar-refractivity contribution in [1.29, 1.82) is 0 Å². The van der Waals surface area contributed by atoms with Gasteiger partial charge in [0.1, 0.15) is 0 Å². The fraction of sp³-hybridized carbons (Fsp3) is 0.500. The fourth-order valence-electron chi connectivity index (χ4n) is 4.16. The number of carbonyl (C=O) groups excluding carboxylic acids is 3. The highest BCUT2D eigenvalue weighted by Gasteiger charge is 2.32. The van der Waals surface area contributed by atoms with Gasteiger partial charge in [-0.15, -0.1) is 0 Å². The second kappa shape index (κ2) is 9.14. The van der Waals surface area contributed by atoms with Crippen molar-refractivity contribution in [1.82, 2.24) is 20.0 Å². The number of ether oxygens (including phenoxy) is 1. The third-order valence-corrected chi connectivity index (χ3v) is 6.44. The van der Waals surface area contributed by atoms with Crippen LogP contribution in [0.5, 0.6) is 0 Å². The van der Waals surface area contributed by atoms with Crippen molar-refractivity contribution < 1.29 is 19.1 Å². The monoisotopic (exact) mass is 438 g/mol. The summed E-state index contributed by atoms with van der Waals surface area (Å²) in [4.78, 5) is 39.4. The predicted molar refractivity (Wildman–Crippen MR) is 118 cm³/mol. The molecule has 1 aromatic heterocycles. The van der Waals surface area contributed by atoms with Gasteiger partial charge in [-0.2, -0.15) is 5.10 Å². The van der Waals surface area contributed by atoms with E-state index in [2.05, 4.69) is 15.2 Å². The molecular formula is C24H30N4O4. The molecule has 32 heavy (non-hydrogen) atoms. The molecule has 0 unspecified atom stereocenters. The average Bonchev–Trinajstić information content (AvgIpc) is 3.54. The maximum atomic E-state index is 13.3. The van der Waals surface area contributed by atoms with E-state index in [4.69, 9.17) is 0 Å². The Labute approximate surface area is 187 Å². The first kappa shape index (κ1) is 22.0. The third kappa shape index (κ3) is 4.54. The lowest BCUT2D eigenvalue weighted by Crippen LogP contribution is -2.37. The van der Waals surface area contributed by atoms with E-state index >= 15 is 0 Å². The Morgan fingerprint density at radius 3 is 2.72 bits per heavy atom. The summed E-state index contributed by atoms with van der Waals surface area (Å²) in [5, 5.41) is 7.41. The van der Waals surface area contributed by atoms with E-state index in [0.29, 0.717) is 36.7 Å². The molecule has 2 aliphatic rings. The Balaban J connectivity index is 1.57. The molecular weight excluding hydrogens is 408 g/mol. The van der Waals surface area contributed by atoms with E-state index in [9.17, 15) is 14.4 Å². The van der Waals surface area contributed by atoms with Crippen molar-refractivity contribution in [3.63, 3.8) is 0 Å². The largest absolute Gasteiger partial charge is 0.469 e. The Hall–Kier alpha value is -3.16. The molecule has 1 aliphatic carbocycles. The van der Waals surface area contributed by atoms with Crippen molar-refractivity contribution in [2.75, 3.05) is 20.2 Å². The fourth-order valence-corrected chi connectivity index (χ4v) is 4.16. The number of carbonyl (C=O) groups is 3. The highest BCUT2D eigenvalue weighted by atomic mass is 16.5. The second-order valence-electron chi connectivity index (χ2n) is 8.71. The van der Waals surface area contributed by atoms with Crippen molar-refractivity contribution in [3.05, 3.63) is 51.8 Å². The van der Waals surface area contributed by atoms with Gasteiger partial charge in [0.05, 0.1) is 20.1 Å². The molecule has 4 rings (SSSR count).